The van der Waals surface area contributed by atoms with E-state index in [2.05, 4.69) is 42.9 Å². The summed E-state index contributed by atoms with van der Waals surface area (Å²) in [4.78, 5) is 14.1. The van der Waals surface area contributed by atoms with Crippen LogP contribution in [0.5, 0.6) is 5.75 Å². The van der Waals surface area contributed by atoms with E-state index in [9.17, 15) is 0 Å². The number of rotatable bonds is 8. The number of aromatic nitrogens is 4. The van der Waals surface area contributed by atoms with E-state index in [1.54, 1.807) is 7.11 Å². The lowest BCUT2D eigenvalue weighted by Gasteiger charge is -2.10. The van der Waals surface area contributed by atoms with E-state index in [1.807, 2.05) is 22.8 Å². The average molecular weight is 486 g/mol. The quantitative estimate of drug-likeness (QED) is 0.327. The molecule has 0 saturated carbocycles. The van der Waals surface area contributed by atoms with Crippen LogP contribution >= 0.6 is 34.4 Å². The van der Waals surface area contributed by atoms with E-state index in [0.29, 0.717) is 36.6 Å². The molecule has 0 amide bonds. The lowest BCUT2D eigenvalue weighted by atomic mass is 10.3. The minimum Gasteiger partial charge on any atom is -0.497 e. The Morgan fingerprint density at radius 1 is 1.35 bits per heavy atom. The third kappa shape index (κ3) is 4.19. The largest absolute Gasteiger partial charge is 0.497 e. The highest BCUT2D eigenvalue weighted by atomic mass is 127. The molecule has 0 aliphatic heterocycles. The Kier molecular flexibility index (Phi) is 6.51. The minimum absolute atomic E-state index is 0.101. The molecule has 2 heterocycles. The molecule has 0 spiro atoms. The number of nitrogens with one attached hydrogen (secondary N) is 1. The monoisotopic (exact) mass is 486 g/mol. The van der Waals surface area contributed by atoms with Crippen molar-refractivity contribution in [2.45, 2.75) is 16.6 Å². The minimum atomic E-state index is 0.101. The Hall–Kier alpha value is -1.63. The SMILES string of the molecule is COc1ccc(I)c(Sc2nc3c(N)ncnc3n2CCNCCO)c1. The molecule has 138 valence electrons. The zero-order valence-corrected chi connectivity index (χ0v) is 17.1. The van der Waals surface area contributed by atoms with Crippen LogP contribution in [-0.2, 0) is 6.54 Å². The molecule has 0 saturated heterocycles. The molecular weight excluding hydrogens is 467 g/mol. The number of hydrogen-bond donors (Lipinski definition) is 3. The highest BCUT2D eigenvalue weighted by Crippen LogP contribution is 2.35. The number of hydrogen-bond acceptors (Lipinski definition) is 8. The number of aliphatic hydroxyl groups is 1. The maximum atomic E-state index is 8.93. The van der Waals surface area contributed by atoms with E-state index in [-0.39, 0.29) is 6.61 Å². The Balaban J connectivity index is 1.97. The highest BCUT2D eigenvalue weighted by Gasteiger charge is 2.17. The van der Waals surface area contributed by atoms with Gasteiger partial charge in [0.2, 0.25) is 0 Å². The first-order valence-electron chi connectivity index (χ1n) is 7.93. The maximum absolute atomic E-state index is 8.93. The number of imidazole rings is 1. The third-order valence-corrected chi connectivity index (χ3v) is 6.02. The number of fused-ring (bicyclic) bond motifs is 1. The maximum Gasteiger partial charge on any atom is 0.175 e. The van der Waals surface area contributed by atoms with E-state index in [1.165, 1.54) is 18.1 Å². The summed E-state index contributed by atoms with van der Waals surface area (Å²) in [5.74, 6) is 1.15. The number of nitrogens with zero attached hydrogens (tertiary/aromatic N) is 4. The molecule has 26 heavy (non-hydrogen) atoms. The van der Waals surface area contributed by atoms with Crippen molar-refractivity contribution in [3.63, 3.8) is 0 Å². The van der Waals surface area contributed by atoms with Gasteiger partial charge in [-0.25, -0.2) is 15.0 Å². The summed E-state index contributed by atoms with van der Waals surface area (Å²) < 4.78 is 8.44. The first-order valence-corrected chi connectivity index (χ1v) is 9.83. The fourth-order valence-electron chi connectivity index (χ4n) is 2.40. The van der Waals surface area contributed by atoms with Gasteiger partial charge in [-0.1, -0.05) is 11.8 Å². The molecule has 0 bridgehead atoms. The van der Waals surface area contributed by atoms with Crippen LogP contribution in [0.1, 0.15) is 0 Å². The molecule has 8 nitrogen and oxygen atoms in total. The van der Waals surface area contributed by atoms with Gasteiger partial charge in [0, 0.05) is 28.1 Å². The Bertz CT molecular complexity index is 904. The second kappa shape index (κ2) is 8.84. The van der Waals surface area contributed by atoms with Crippen LogP contribution in [0.4, 0.5) is 5.82 Å². The van der Waals surface area contributed by atoms with Gasteiger partial charge in [-0.15, -0.1) is 0 Å². The van der Waals surface area contributed by atoms with Crippen molar-refractivity contribution >= 4 is 51.3 Å². The number of ether oxygens (including phenoxy) is 1. The van der Waals surface area contributed by atoms with Crippen LogP contribution in [0, 0.1) is 3.57 Å². The molecule has 3 aromatic rings. The molecule has 1 aromatic carbocycles. The van der Waals surface area contributed by atoms with Crippen LogP contribution in [0.25, 0.3) is 11.2 Å². The number of nitrogen functional groups attached to an aromatic ring is 1. The topological polar surface area (TPSA) is 111 Å². The molecule has 0 radical (unpaired) electrons. The highest BCUT2D eigenvalue weighted by molar-refractivity contribution is 14.1. The second-order valence-electron chi connectivity index (χ2n) is 5.35. The predicted molar refractivity (Wildman–Crippen MR) is 110 cm³/mol. The summed E-state index contributed by atoms with van der Waals surface area (Å²) in [5.41, 5.74) is 7.27. The average Bonchev–Trinajstić information content (AvgIpc) is 2.99. The Morgan fingerprint density at radius 3 is 2.96 bits per heavy atom. The van der Waals surface area contributed by atoms with Crippen LogP contribution in [-0.4, -0.2) is 51.4 Å². The van der Waals surface area contributed by atoms with Crippen molar-refractivity contribution in [2.75, 3.05) is 32.5 Å². The van der Waals surface area contributed by atoms with Gasteiger partial charge in [-0.05, 0) is 40.8 Å². The normalized spacial score (nSPS) is 11.2. The molecular formula is C16H19IN6O2S. The van der Waals surface area contributed by atoms with E-state index in [4.69, 9.17) is 15.6 Å². The fourth-order valence-corrected chi connectivity index (χ4v) is 4.02. The lowest BCUT2D eigenvalue weighted by Crippen LogP contribution is -2.23. The van der Waals surface area contributed by atoms with Crippen molar-refractivity contribution in [3.8, 4) is 5.75 Å². The van der Waals surface area contributed by atoms with E-state index in [0.717, 1.165) is 19.4 Å². The molecule has 2 aromatic heterocycles. The van der Waals surface area contributed by atoms with Crippen molar-refractivity contribution < 1.29 is 9.84 Å². The molecule has 0 fully saturated rings. The van der Waals surface area contributed by atoms with Gasteiger partial charge in [0.1, 0.15) is 12.1 Å². The number of halogens is 1. The summed E-state index contributed by atoms with van der Waals surface area (Å²) in [6, 6.07) is 5.91. The van der Waals surface area contributed by atoms with Crippen molar-refractivity contribution in [2.24, 2.45) is 0 Å². The summed E-state index contributed by atoms with van der Waals surface area (Å²) in [6.07, 6.45) is 1.45. The zero-order chi connectivity index (χ0) is 18.5. The first kappa shape index (κ1) is 19.1. The van der Waals surface area contributed by atoms with Crippen molar-refractivity contribution in [1.29, 1.82) is 0 Å². The van der Waals surface area contributed by atoms with Gasteiger partial charge < -0.3 is 25.5 Å². The van der Waals surface area contributed by atoms with Crippen LogP contribution < -0.4 is 15.8 Å². The van der Waals surface area contributed by atoms with E-state index >= 15 is 0 Å². The third-order valence-electron chi connectivity index (χ3n) is 3.67. The van der Waals surface area contributed by atoms with Crippen molar-refractivity contribution in [3.05, 3.63) is 28.1 Å². The number of aliphatic hydroxyl groups excluding tert-OH is 1. The van der Waals surface area contributed by atoms with Gasteiger partial charge in [0.15, 0.2) is 22.1 Å². The number of anilines is 1. The molecule has 0 unspecified atom stereocenters. The van der Waals surface area contributed by atoms with Gasteiger partial charge in [-0.3, -0.25) is 0 Å². The van der Waals surface area contributed by atoms with Gasteiger partial charge >= 0.3 is 0 Å². The molecule has 0 aliphatic rings. The Labute approximate surface area is 168 Å². The second-order valence-corrected chi connectivity index (χ2v) is 7.52. The summed E-state index contributed by atoms with van der Waals surface area (Å²) in [5, 5.41) is 12.9. The van der Waals surface area contributed by atoms with Crippen LogP contribution in [0.2, 0.25) is 0 Å². The fraction of sp³-hybridized carbons (Fsp3) is 0.312. The number of benzene rings is 1. The zero-order valence-electron chi connectivity index (χ0n) is 14.1. The first-order chi connectivity index (χ1) is 12.6. The van der Waals surface area contributed by atoms with E-state index < -0.39 is 0 Å². The van der Waals surface area contributed by atoms with Gasteiger partial charge in [0.25, 0.3) is 0 Å². The van der Waals surface area contributed by atoms with Gasteiger partial charge in [0.05, 0.1) is 13.7 Å². The molecule has 4 N–H and O–H groups in total. The summed E-state index contributed by atoms with van der Waals surface area (Å²) >= 11 is 3.82. The Morgan fingerprint density at radius 2 is 2.19 bits per heavy atom. The van der Waals surface area contributed by atoms with Crippen LogP contribution in [0.15, 0.2) is 34.6 Å². The molecule has 3 rings (SSSR count). The molecule has 10 heteroatoms. The van der Waals surface area contributed by atoms with Crippen molar-refractivity contribution in [1.82, 2.24) is 24.8 Å². The summed E-state index contributed by atoms with van der Waals surface area (Å²) in [7, 11) is 1.65. The smallest absolute Gasteiger partial charge is 0.175 e. The molecule has 0 aliphatic carbocycles. The van der Waals surface area contributed by atoms with Crippen LogP contribution in [0.3, 0.4) is 0 Å². The predicted octanol–water partition coefficient (Wildman–Crippen LogP) is 1.75. The summed E-state index contributed by atoms with van der Waals surface area (Å²) in [6.45, 7) is 1.97. The number of methoxy groups -OCH3 is 1. The number of nitrogens with two attached hydrogens (primary N) is 1. The van der Waals surface area contributed by atoms with Gasteiger partial charge in [-0.2, -0.15) is 0 Å². The lowest BCUT2D eigenvalue weighted by molar-refractivity contribution is 0.291. The molecule has 0 atom stereocenters. The standard InChI is InChI=1S/C16H19IN6O2S/c1-25-10-2-3-11(17)12(8-10)26-16-22-13-14(18)20-9-21-15(13)23(16)6-4-19-5-7-24/h2-3,8-9,19,24H,4-7H2,1H3,(H2,18,20,21).